The molecule has 2 aliphatic heterocycles. The predicted octanol–water partition coefficient (Wildman–Crippen LogP) is 5.45. The van der Waals surface area contributed by atoms with E-state index >= 15 is 0 Å². The number of carbonyl (C=O) groups is 2. The summed E-state index contributed by atoms with van der Waals surface area (Å²) < 4.78 is 27.5. The molecule has 0 fully saturated rings. The van der Waals surface area contributed by atoms with Gasteiger partial charge >= 0.3 is 0 Å². The van der Waals surface area contributed by atoms with Gasteiger partial charge in [-0.05, 0) is 48.4 Å². The first kappa shape index (κ1) is 23.9. The van der Waals surface area contributed by atoms with Gasteiger partial charge in [-0.1, -0.05) is 59.8 Å². The molecule has 182 valence electrons. The highest BCUT2D eigenvalue weighted by molar-refractivity contribution is 8.15. The highest BCUT2D eigenvalue weighted by atomic mass is 32.2. The second kappa shape index (κ2) is 10.0. The molecule has 2 amide bonds. The molecule has 9 heteroatoms. The maximum atomic E-state index is 14.0. The minimum absolute atomic E-state index is 0.125. The number of benzene rings is 3. The highest BCUT2D eigenvalue weighted by Crippen LogP contribution is 2.38. The average molecular weight is 505 g/mol. The molecule has 1 N–H and O–H groups in total. The van der Waals surface area contributed by atoms with Gasteiger partial charge in [0.1, 0.15) is 16.9 Å². The number of halogens is 2. The van der Waals surface area contributed by atoms with Gasteiger partial charge in [0.25, 0.3) is 5.91 Å². The van der Waals surface area contributed by atoms with Gasteiger partial charge in [0.2, 0.25) is 5.91 Å². The average Bonchev–Trinajstić information content (AvgIpc) is 3.44. The third kappa shape index (κ3) is 5.21. The molecule has 5 rings (SSSR count). The maximum Gasteiger partial charge on any atom is 0.262 e. The molecule has 36 heavy (non-hydrogen) atoms. The van der Waals surface area contributed by atoms with E-state index in [1.54, 1.807) is 17.1 Å². The van der Waals surface area contributed by atoms with Gasteiger partial charge < -0.3 is 5.32 Å². The third-order valence-corrected chi connectivity index (χ3v) is 7.07. The van der Waals surface area contributed by atoms with Crippen LogP contribution < -0.4 is 5.32 Å². The molecule has 0 spiro atoms. The van der Waals surface area contributed by atoms with E-state index in [1.165, 1.54) is 30.3 Å². The molecule has 0 radical (unpaired) electrons. The molecule has 2 aliphatic rings. The number of amides is 2. The summed E-state index contributed by atoms with van der Waals surface area (Å²) in [5.74, 6) is -1.69. The van der Waals surface area contributed by atoms with Crippen molar-refractivity contribution in [2.75, 3.05) is 5.32 Å². The van der Waals surface area contributed by atoms with Crippen LogP contribution in [0.5, 0.6) is 0 Å². The van der Waals surface area contributed by atoms with E-state index in [1.807, 2.05) is 37.3 Å². The molecule has 3 aromatic rings. The SMILES string of the molecule is Cc1ccc(C2=NN(C3=NC(=O)[C@@H](CC(=O)Nc4cccc(F)c4)S3)[C@@H](c3cccc(F)c3)C2)cc1. The topological polar surface area (TPSA) is 74.1 Å². The van der Waals surface area contributed by atoms with Crippen LogP contribution in [0.4, 0.5) is 14.5 Å². The van der Waals surface area contributed by atoms with Crippen LogP contribution >= 0.6 is 11.8 Å². The number of hydrogen-bond acceptors (Lipinski definition) is 5. The lowest BCUT2D eigenvalue weighted by Gasteiger charge is -2.23. The first-order valence-electron chi connectivity index (χ1n) is 11.4. The number of rotatable bonds is 5. The molecule has 0 bridgehead atoms. The van der Waals surface area contributed by atoms with Crippen molar-refractivity contribution >= 4 is 40.1 Å². The molecule has 0 unspecified atom stereocenters. The molecule has 6 nitrogen and oxygen atoms in total. The summed E-state index contributed by atoms with van der Waals surface area (Å²) in [4.78, 5) is 29.4. The molecular formula is C27H22F2N4O2S. The molecule has 2 heterocycles. The van der Waals surface area contributed by atoms with Gasteiger partial charge in [-0.2, -0.15) is 10.1 Å². The van der Waals surface area contributed by atoms with Crippen LogP contribution in [0.1, 0.15) is 35.6 Å². The van der Waals surface area contributed by atoms with Crippen LogP contribution in [0.25, 0.3) is 0 Å². The number of nitrogens with zero attached hydrogens (tertiary/aromatic N) is 3. The Kier molecular flexibility index (Phi) is 6.65. The smallest absolute Gasteiger partial charge is 0.262 e. The van der Waals surface area contributed by atoms with Gasteiger partial charge in [-0.15, -0.1) is 0 Å². The van der Waals surface area contributed by atoms with E-state index in [0.29, 0.717) is 22.8 Å². The monoisotopic (exact) mass is 504 g/mol. The summed E-state index contributed by atoms with van der Waals surface area (Å²) in [5.41, 5.74) is 3.88. The number of aryl methyl sites for hydroxylation is 1. The Morgan fingerprint density at radius 2 is 1.78 bits per heavy atom. The Morgan fingerprint density at radius 1 is 1.06 bits per heavy atom. The summed E-state index contributed by atoms with van der Waals surface area (Å²) in [7, 11) is 0. The molecule has 0 saturated carbocycles. The van der Waals surface area contributed by atoms with Crippen molar-refractivity contribution in [3.63, 3.8) is 0 Å². The summed E-state index contributed by atoms with van der Waals surface area (Å²) in [6, 6.07) is 19.4. The maximum absolute atomic E-state index is 14.0. The van der Waals surface area contributed by atoms with E-state index in [0.717, 1.165) is 28.6 Å². The van der Waals surface area contributed by atoms with Gasteiger partial charge in [-0.3, -0.25) is 9.59 Å². The minimum atomic E-state index is -0.736. The van der Waals surface area contributed by atoms with Crippen molar-refractivity contribution in [2.24, 2.45) is 10.1 Å². The number of anilines is 1. The highest BCUT2D eigenvalue weighted by Gasteiger charge is 2.39. The molecule has 2 atom stereocenters. The van der Waals surface area contributed by atoms with E-state index in [9.17, 15) is 18.4 Å². The number of nitrogens with one attached hydrogen (secondary N) is 1. The number of hydrazone groups is 1. The Labute approximate surface area is 211 Å². The van der Waals surface area contributed by atoms with Crippen molar-refractivity contribution in [3.8, 4) is 0 Å². The Bertz CT molecular complexity index is 1390. The number of aliphatic imine (C=N–C) groups is 1. The molecule has 0 saturated heterocycles. The first-order valence-corrected chi connectivity index (χ1v) is 12.3. The molecular weight excluding hydrogens is 482 g/mol. The minimum Gasteiger partial charge on any atom is -0.326 e. The number of amidine groups is 1. The normalized spacial score (nSPS) is 19.3. The van der Waals surface area contributed by atoms with Crippen LogP contribution in [0, 0.1) is 18.6 Å². The zero-order valence-electron chi connectivity index (χ0n) is 19.3. The second-order valence-corrected chi connectivity index (χ2v) is 9.80. The Balaban J connectivity index is 1.36. The van der Waals surface area contributed by atoms with E-state index in [4.69, 9.17) is 5.10 Å². The van der Waals surface area contributed by atoms with Gasteiger partial charge in [0.15, 0.2) is 5.17 Å². The molecule has 0 aliphatic carbocycles. The number of carbonyl (C=O) groups excluding carboxylic acids is 2. The Hall–Kier alpha value is -3.85. The summed E-state index contributed by atoms with van der Waals surface area (Å²) in [6.45, 7) is 2.00. The quantitative estimate of drug-likeness (QED) is 0.501. The fourth-order valence-electron chi connectivity index (χ4n) is 4.13. The van der Waals surface area contributed by atoms with E-state index in [2.05, 4.69) is 10.3 Å². The van der Waals surface area contributed by atoms with Gasteiger partial charge in [0, 0.05) is 18.5 Å². The van der Waals surface area contributed by atoms with Gasteiger partial charge in [-0.25, -0.2) is 13.8 Å². The van der Waals surface area contributed by atoms with E-state index in [-0.39, 0.29) is 18.3 Å². The molecule has 0 aromatic heterocycles. The third-order valence-electron chi connectivity index (χ3n) is 5.93. The lowest BCUT2D eigenvalue weighted by atomic mass is 9.98. The van der Waals surface area contributed by atoms with Crippen molar-refractivity contribution in [3.05, 3.63) is 101 Å². The summed E-state index contributed by atoms with van der Waals surface area (Å²) >= 11 is 1.15. The second-order valence-electron chi connectivity index (χ2n) is 8.63. The first-order chi connectivity index (χ1) is 17.4. The zero-order chi connectivity index (χ0) is 25.2. The van der Waals surface area contributed by atoms with Crippen LogP contribution in [0.2, 0.25) is 0 Å². The zero-order valence-corrected chi connectivity index (χ0v) is 20.1. The van der Waals surface area contributed by atoms with E-state index < -0.39 is 22.9 Å². The lowest BCUT2D eigenvalue weighted by molar-refractivity contribution is -0.121. The Morgan fingerprint density at radius 3 is 2.50 bits per heavy atom. The van der Waals surface area contributed by atoms with Crippen LogP contribution in [0.15, 0.2) is 82.9 Å². The lowest BCUT2D eigenvalue weighted by Crippen LogP contribution is -2.25. The van der Waals surface area contributed by atoms with Gasteiger partial charge in [0.05, 0.1) is 11.8 Å². The predicted molar refractivity (Wildman–Crippen MR) is 137 cm³/mol. The fourth-order valence-corrected chi connectivity index (χ4v) is 5.19. The van der Waals surface area contributed by atoms with Crippen molar-refractivity contribution in [1.82, 2.24) is 5.01 Å². The molecule has 3 aromatic carbocycles. The summed E-state index contributed by atoms with van der Waals surface area (Å²) in [6.07, 6.45) is 0.380. The van der Waals surface area contributed by atoms with Crippen molar-refractivity contribution < 1.29 is 18.4 Å². The van der Waals surface area contributed by atoms with Crippen LogP contribution in [-0.4, -0.2) is 33.0 Å². The number of hydrogen-bond donors (Lipinski definition) is 1. The van der Waals surface area contributed by atoms with Crippen LogP contribution in [-0.2, 0) is 9.59 Å². The van der Waals surface area contributed by atoms with Crippen molar-refractivity contribution in [1.29, 1.82) is 0 Å². The van der Waals surface area contributed by atoms with Crippen molar-refractivity contribution in [2.45, 2.75) is 31.1 Å². The largest absolute Gasteiger partial charge is 0.326 e. The standard InChI is InChI=1S/C27H22F2N4O2S/c1-16-8-10-17(11-9-16)22-14-23(18-4-2-5-19(28)12-18)33(32-22)27-31-26(35)24(36-27)15-25(34)30-21-7-3-6-20(29)13-21/h2-13,23-24H,14-15H2,1H3,(H,30,34)/t23-,24-/m1/s1. The fraction of sp³-hybridized carbons (Fsp3) is 0.185. The summed E-state index contributed by atoms with van der Waals surface area (Å²) in [5, 5.41) is 8.65. The number of thioether (sulfide) groups is 1. The van der Waals surface area contributed by atoms with Crippen LogP contribution in [0.3, 0.4) is 0 Å².